The Morgan fingerprint density at radius 2 is 1.92 bits per heavy atom. The molecular formula is C9H19ClO2. The van der Waals surface area contributed by atoms with Crippen LogP contribution in [0.1, 0.15) is 39.5 Å². The van der Waals surface area contributed by atoms with Gasteiger partial charge in [-0.2, -0.15) is 0 Å². The van der Waals surface area contributed by atoms with Crippen LogP contribution in [-0.4, -0.2) is 19.0 Å². The van der Waals surface area contributed by atoms with Crippen molar-refractivity contribution in [3.63, 3.8) is 0 Å². The van der Waals surface area contributed by atoms with Gasteiger partial charge in [-0.3, -0.25) is 4.79 Å². The van der Waals surface area contributed by atoms with Crippen LogP contribution in [0.15, 0.2) is 0 Å². The molecule has 3 heteroatoms. The van der Waals surface area contributed by atoms with Crippen molar-refractivity contribution in [2.75, 3.05) is 13.2 Å². The number of Topliss-reactive ketones (excluding diaryl/α,β-unsaturated/α-hetero) is 1. The Morgan fingerprint density at radius 3 is 2.42 bits per heavy atom. The molecule has 0 amide bonds. The number of ketones is 1. The summed E-state index contributed by atoms with van der Waals surface area (Å²) in [5, 5.41) is 0. The van der Waals surface area contributed by atoms with Gasteiger partial charge in [0.05, 0.1) is 6.61 Å². The SMILES string of the molecule is CCCCOCCC(=O)CC.Cl. The normalized spacial score (nSPS) is 9.17. The summed E-state index contributed by atoms with van der Waals surface area (Å²) >= 11 is 0. The van der Waals surface area contributed by atoms with E-state index in [0.29, 0.717) is 25.2 Å². The lowest BCUT2D eigenvalue weighted by Gasteiger charge is -2.00. The molecule has 0 saturated heterocycles. The monoisotopic (exact) mass is 194 g/mol. The fraction of sp³-hybridized carbons (Fsp3) is 0.889. The molecule has 0 aliphatic heterocycles. The largest absolute Gasteiger partial charge is 0.381 e. The molecule has 0 fully saturated rings. The van der Waals surface area contributed by atoms with Gasteiger partial charge in [0.15, 0.2) is 0 Å². The van der Waals surface area contributed by atoms with E-state index in [1.165, 1.54) is 0 Å². The predicted molar refractivity (Wildman–Crippen MR) is 52.9 cm³/mol. The molecule has 0 saturated carbocycles. The van der Waals surface area contributed by atoms with Crippen LogP contribution in [0.3, 0.4) is 0 Å². The predicted octanol–water partition coefficient (Wildman–Crippen LogP) is 2.59. The molecule has 0 N–H and O–H groups in total. The molecular weight excluding hydrogens is 176 g/mol. The summed E-state index contributed by atoms with van der Waals surface area (Å²) in [4.78, 5) is 10.8. The summed E-state index contributed by atoms with van der Waals surface area (Å²) in [5.41, 5.74) is 0. The molecule has 0 aromatic carbocycles. The number of hydrogen-bond acceptors (Lipinski definition) is 2. The topological polar surface area (TPSA) is 26.3 Å². The van der Waals surface area contributed by atoms with Crippen LogP contribution in [0.25, 0.3) is 0 Å². The van der Waals surface area contributed by atoms with E-state index in [-0.39, 0.29) is 12.4 Å². The molecule has 12 heavy (non-hydrogen) atoms. The van der Waals surface area contributed by atoms with Gasteiger partial charge in [-0.15, -0.1) is 12.4 Å². The Bertz CT molecular complexity index is 105. The van der Waals surface area contributed by atoms with E-state index in [2.05, 4.69) is 6.92 Å². The first-order valence-electron chi connectivity index (χ1n) is 4.40. The lowest BCUT2D eigenvalue weighted by atomic mass is 10.2. The molecule has 0 rings (SSSR count). The summed E-state index contributed by atoms with van der Waals surface area (Å²) in [5.74, 6) is 0.293. The van der Waals surface area contributed by atoms with Crippen LogP contribution in [0, 0.1) is 0 Å². The van der Waals surface area contributed by atoms with E-state index in [1.54, 1.807) is 0 Å². The second-order valence-corrected chi connectivity index (χ2v) is 2.61. The molecule has 0 bridgehead atoms. The number of hydrogen-bond donors (Lipinski definition) is 0. The van der Waals surface area contributed by atoms with Crippen molar-refractivity contribution in [3.8, 4) is 0 Å². The van der Waals surface area contributed by atoms with E-state index in [9.17, 15) is 4.79 Å². The lowest BCUT2D eigenvalue weighted by molar-refractivity contribution is -0.119. The van der Waals surface area contributed by atoms with Gasteiger partial charge in [0.2, 0.25) is 0 Å². The molecule has 0 unspecified atom stereocenters. The van der Waals surface area contributed by atoms with Gasteiger partial charge in [0.1, 0.15) is 5.78 Å². The van der Waals surface area contributed by atoms with Crippen molar-refractivity contribution in [1.82, 2.24) is 0 Å². The van der Waals surface area contributed by atoms with E-state index in [0.717, 1.165) is 19.4 Å². The van der Waals surface area contributed by atoms with Gasteiger partial charge in [-0.25, -0.2) is 0 Å². The maximum atomic E-state index is 10.8. The van der Waals surface area contributed by atoms with E-state index >= 15 is 0 Å². The highest BCUT2D eigenvalue weighted by Gasteiger charge is 1.96. The highest BCUT2D eigenvalue weighted by atomic mass is 35.5. The van der Waals surface area contributed by atoms with Crippen molar-refractivity contribution in [2.45, 2.75) is 39.5 Å². The maximum absolute atomic E-state index is 10.8. The second kappa shape index (κ2) is 10.9. The Balaban J connectivity index is 0. The molecule has 2 nitrogen and oxygen atoms in total. The van der Waals surface area contributed by atoms with Crippen LogP contribution in [0.2, 0.25) is 0 Å². The number of carbonyl (C=O) groups excluding carboxylic acids is 1. The van der Waals surface area contributed by atoms with Gasteiger partial charge in [0, 0.05) is 19.4 Å². The molecule has 0 radical (unpaired) electrons. The first kappa shape index (κ1) is 14.4. The zero-order valence-corrected chi connectivity index (χ0v) is 8.78. The standard InChI is InChI=1S/C9H18O2.ClH/c1-3-5-7-11-8-6-9(10)4-2;/h3-8H2,1-2H3;1H. The van der Waals surface area contributed by atoms with Crippen molar-refractivity contribution < 1.29 is 9.53 Å². The lowest BCUT2D eigenvalue weighted by Crippen LogP contribution is -2.03. The third-order valence-corrected chi connectivity index (χ3v) is 1.56. The Labute approximate surface area is 81.1 Å². The average Bonchev–Trinajstić information content (AvgIpc) is 2.04. The third kappa shape index (κ3) is 9.92. The van der Waals surface area contributed by atoms with Crippen molar-refractivity contribution >= 4 is 18.2 Å². The van der Waals surface area contributed by atoms with E-state index in [1.807, 2.05) is 6.92 Å². The maximum Gasteiger partial charge on any atom is 0.134 e. The van der Waals surface area contributed by atoms with Gasteiger partial charge < -0.3 is 4.74 Å². The van der Waals surface area contributed by atoms with Crippen molar-refractivity contribution in [3.05, 3.63) is 0 Å². The quantitative estimate of drug-likeness (QED) is 0.583. The molecule has 0 atom stereocenters. The molecule has 0 spiro atoms. The Kier molecular flexibility index (Phi) is 13.1. The average molecular weight is 195 g/mol. The summed E-state index contributed by atoms with van der Waals surface area (Å²) in [6.45, 7) is 5.41. The minimum Gasteiger partial charge on any atom is -0.381 e. The smallest absolute Gasteiger partial charge is 0.134 e. The van der Waals surface area contributed by atoms with Crippen molar-refractivity contribution in [2.24, 2.45) is 0 Å². The van der Waals surface area contributed by atoms with Crippen LogP contribution >= 0.6 is 12.4 Å². The third-order valence-electron chi connectivity index (χ3n) is 1.56. The van der Waals surface area contributed by atoms with Gasteiger partial charge in [-0.05, 0) is 6.42 Å². The Hall–Kier alpha value is -0.0800. The molecule has 0 aromatic rings. The van der Waals surface area contributed by atoms with Crippen LogP contribution in [0.4, 0.5) is 0 Å². The number of unbranched alkanes of at least 4 members (excludes halogenated alkanes) is 1. The number of ether oxygens (including phenoxy) is 1. The van der Waals surface area contributed by atoms with Gasteiger partial charge in [0.25, 0.3) is 0 Å². The first-order valence-corrected chi connectivity index (χ1v) is 4.40. The van der Waals surface area contributed by atoms with Crippen LogP contribution in [0.5, 0.6) is 0 Å². The van der Waals surface area contributed by atoms with E-state index < -0.39 is 0 Å². The molecule has 0 aliphatic carbocycles. The summed E-state index contributed by atoms with van der Waals surface area (Å²) in [6, 6.07) is 0. The molecule has 0 aliphatic rings. The van der Waals surface area contributed by atoms with Crippen LogP contribution in [-0.2, 0) is 9.53 Å². The van der Waals surface area contributed by atoms with E-state index in [4.69, 9.17) is 4.74 Å². The molecule has 0 heterocycles. The first-order chi connectivity index (χ1) is 5.31. The number of rotatable bonds is 7. The minimum atomic E-state index is 0. The summed E-state index contributed by atoms with van der Waals surface area (Å²) in [7, 11) is 0. The molecule has 74 valence electrons. The van der Waals surface area contributed by atoms with Crippen LogP contribution < -0.4 is 0 Å². The zero-order chi connectivity index (χ0) is 8.53. The fourth-order valence-electron chi connectivity index (χ4n) is 0.711. The number of carbonyl (C=O) groups is 1. The van der Waals surface area contributed by atoms with Gasteiger partial charge >= 0.3 is 0 Å². The Morgan fingerprint density at radius 1 is 1.25 bits per heavy atom. The van der Waals surface area contributed by atoms with Crippen molar-refractivity contribution in [1.29, 1.82) is 0 Å². The zero-order valence-electron chi connectivity index (χ0n) is 7.97. The minimum absolute atomic E-state index is 0. The number of halogens is 1. The van der Waals surface area contributed by atoms with Gasteiger partial charge in [-0.1, -0.05) is 20.3 Å². The highest BCUT2D eigenvalue weighted by Crippen LogP contribution is 1.92. The molecule has 0 aromatic heterocycles. The fourth-order valence-corrected chi connectivity index (χ4v) is 0.711. The highest BCUT2D eigenvalue weighted by molar-refractivity contribution is 5.85. The summed E-state index contributed by atoms with van der Waals surface area (Å²) in [6.07, 6.45) is 3.47. The summed E-state index contributed by atoms with van der Waals surface area (Å²) < 4.78 is 5.23. The second-order valence-electron chi connectivity index (χ2n) is 2.61.